The van der Waals surface area contributed by atoms with Crippen molar-refractivity contribution in [1.29, 1.82) is 5.26 Å². The molecule has 10 rings (SSSR count). The number of nitriles is 1. The van der Waals surface area contributed by atoms with Crippen LogP contribution in [0.5, 0.6) is 17.6 Å². The van der Waals surface area contributed by atoms with E-state index in [1.807, 2.05) is 20.8 Å². The molecule has 2 amide bonds. The SMILES string of the molecule is Cc1ncsc1-c1ccc([C@H](C)NC(=O)[C@@H]2C[C@@H](O)CN2C(=O)[C@H](C(C)C)n2cc(OCCCCN3CCN(CC4(COc5nccc(-c6noc([C@@]7(C)CCCc8sc(N)c(C#N)c87)n6)n5)CC4)CC3)nn2)c(O)c1F. The van der Waals surface area contributed by atoms with Gasteiger partial charge in [0, 0.05) is 78.9 Å². The Kier molecular flexibility index (Phi) is 15.6. The second-order valence-corrected chi connectivity index (χ2v) is 23.5. The number of phenolic OH excluding ortho intramolecular Hbond substituents is 1. The predicted molar refractivity (Wildman–Crippen MR) is 283 cm³/mol. The summed E-state index contributed by atoms with van der Waals surface area (Å²) in [4.78, 5) is 54.0. The Morgan fingerprint density at radius 2 is 1.87 bits per heavy atom. The van der Waals surface area contributed by atoms with Gasteiger partial charge in [0.25, 0.3) is 5.88 Å². The summed E-state index contributed by atoms with van der Waals surface area (Å²) in [6.45, 7) is 15.8. The first-order valence-electron chi connectivity index (χ1n) is 26.4. The molecule has 5 N–H and O–H groups in total. The van der Waals surface area contributed by atoms with Crippen molar-refractivity contribution in [2.75, 3.05) is 64.8 Å². The topological polar surface area (TPSA) is 273 Å². The summed E-state index contributed by atoms with van der Waals surface area (Å²) in [6.07, 6.45) is 8.75. The number of rotatable bonds is 20. The third kappa shape index (κ3) is 11.2. The third-order valence-corrected chi connectivity index (χ3v) is 17.6. The number of hydrogen-bond acceptors (Lipinski definition) is 20. The van der Waals surface area contributed by atoms with Crippen LogP contribution in [0.3, 0.4) is 0 Å². The van der Waals surface area contributed by atoms with Gasteiger partial charge in [-0.3, -0.25) is 9.59 Å². The van der Waals surface area contributed by atoms with E-state index >= 15 is 4.39 Å². The number of aromatic nitrogens is 8. The standard InChI is InChI=1S/C53H65FN14O7S2/c1-30(2)43(49(72)67-25-33(69)23-38(67)48(71)59-31(3)34-10-11-35(42(54)44(34)70)45-32(4)58-29-76-45)68-26-40(62-64-68)73-22-7-6-17-65-18-20-66(21-19-65)27-53(14-15-53)28-74-51-57-16-12-37(60-51)47-61-50(75-63-47)52(5)13-8-9-39-41(52)36(24-55)46(56)77-39/h10-12,16,26,29-31,33,38,43,69-70H,6-9,13-15,17-23,25,27-28,56H2,1-5H3,(H,59,71)/t31-,33+,38-,43-,52-/m0/s1. The average molecular weight is 1090 g/mol. The van der Waals surface area contributed by atoms with Crippen molar-refractivity contribution in [3.8, 4) is 45.7 Å². The van der Waals surface area contributed by atoms with Crippen LogP contribution in [0, 0.1) is 35.4 Å². The number of benzene rings is 1. The number of β-amino-alcohol motifs (C(OH)–C–C–N with tert-alkyl or cyclic N) is 1. The molecular weight excluding hydrogens is 1030 g/mol. The highest BCUT2D eigenvalue weighted by molar-refractivity contribution is 7.16. The average Bonchev–Trinajstić information content (AvgIpc) is 4.08. The van der Waals surface area contributed by atoms with E-state index in [4.69, 9.17) is 24.7 Å². The number of nitrogens with one attached hydrogen (secondary N) is 1. The van der Waals surface area contributed by atoms with Crippen LogP contribution < -0.4 is 20.5 Å². The van der Waals surface area contributed by atoms with E-state index in [1.54, 1.807) is 50.0 Å². The molecule has 77 heavy (non-hydrogen) atoms. The lowest BCUT2D eigenvalue weighted by molar-refractivity contribution is -0.142. The molecule has 3 fully saturated rings. The number of aliphatic hydroxyl groups excluding tert-OH is 1. The van der Waals surface area contributed by atoms with Crippen LogP contribution in [0.15, 0.2) is 40.6 Å². The number of hydrogen-bond donors (Lipinski definition) is 4. The van der Waals surface area contributed by atoms with Gasteiger partial charge in [0.15, 0.2) is 11.6 Å². The number of unbranched alkanes of at least 4 members (excludes halogenated alkanes) is 1. The van der Waals surface area contributed by atoms with Crippen molar-refractivity contribution in [2.24, 2.45) is 11.3 Å². The van der Waals surface area contributed by atoms with E-state index < -0.39 is 53.0 Å². The van der Waals surface area contributed by atoms with Gasteiger partial charge in [0.2, 0.25) is 23.5 Å². The Morgan fingerprint density at radius 3 is 2.61 bits per heavy atom. The molecule has 1 saturated carbocycles. The number of carbonyl (C=O) groups excluding carboxylic acids is 2. The number of nitrogen functional groups attached to an aromatic ring is 1. The zero-order chi connectivity index (χ0) is 54.2. The second kappa shape index (κ2) is 22.4. The lowest BCUT2D eigenvalue weighted by atomic mass is 9.72. The number of aromatic hydroxyl groups is 1. The highest BCUT2D eigenvalue weighted by Crippen LogP contribution is 2.49. The molecule has 5 aromatic heterocycles. The summed E-state index contributed by atoms with van der Waals surface area (Å²) in [5, 5.41) is 47.5. The number of amides is 2. The lowest BCUT2D eigenvalue weighted by Gasteiger charge is -2.36. The van der Waals surface area contributed by atoms with E-state index in [-0.39, 0.29) is 47.3 Å². The quantitative estimate of drug-likeness (QED) is 0.0617. The molecule has 2 saturated heterocycles. The fraction of sp³-hybridized carbons (Fsp3) is 0.547. The number of anilines is 1. The van der Waals surface area contributed by atoms with Crippen LogP contribution in [0.1, 0.15) is 118 Å². The molecule has 0 bridgehead atoms. The van der Waals surface area contributed by atoms with Crippen LogP contribution in [0.25, 0.3) is 22.0 Å². The minimum Gasteiger partial charge on any atom is -0.505 e. The minimum atomic E-state index is -1.01. The van der Waals surface area contributed by atoms with Crippen molar-refractivity contribution in [1.82, 2.24) is 60.1 Å². The normalized spacial score (nSPS) is 21.2. The van der Waals surface area contributed by atoms with E-state index in [0.717, 1.165) is 94.7 Å². The molecule has 0 unspecified atom stereocenters. The number of piperazine rings is 1. The van der Waals surface area contributed by atoms with Gasteiger partial charge in [0.05, 0.1) is 58.6 Å². The number of aliphatic hydroxyl groups is 1. The zero-order valence-corrected chi connectivity index (χ0v) is 45.6. The maximum atomic E-state index is 15.4. The highest BCUT2D eigenvalue weighted by Gasteiger charge is 2.47. The number of thiazole rings is 1. The molecule has 24 heteroatoms. The Hall–Kier alpha value is -6.65. The van der Waals surface area contributed by atoms with Gasteiger partial charge in [-0.15, -0.1) is 22.7 Å². The first-order chi connectivity index (χ1) is 37.0. The van der Waals surface area contributed by atoms with Gasteiger partial charge >= 0.3 is 6.01 Å². The summed E-state index contributed by atoms with van der Waals surface area (Å²) >= 11 is 2.73. The number of nitrogens with two attached hydrogens (primary N) is 1. The number of nitrogens with zero attached hydrogens (tertiary/aromatic N) is 12. The number of fused-ring (bicyclic) bond motifs is 1. The van der Waals surface area contributed by atoms with Crippen molar-refractivity contribution >= 4 is 39.5 Å². The third-order valence-electron chi connectivity index (χ3n) is 15.6. The molecule has 21 nitrogen and oxygen atoms in total. The molecule has 6 aromatic rings. The van der Waals surface area contributed by atoms with Crippen LogP contribution in [0.2, 0.25) is 0 Å². The Morgan fingerprint density at radius 1 is 1.08 bits per heavy atom. The summed E-state index contributed by atoms with van der Waals surface area (Å²) in [6, 6.07) is 4.76. The van der Waals surface area contributed by atoms with Crippen molar-refractivity contribution in [2.45, 2.75) is 116 Å². The number of likely N-dealkylation sites (tertiary alicyclic amines) is 1. The Bertz CT molecular complexity index is 3140. The molecule has 1 aromatic carbocycles. The Balaban J connectivity index is 0.649. The molecule has 4 aliphatic rings. The van der Waals surface area contributed by atoms with Crippen LogP contribution >= 0.6 is 22.7 Å². The van der Waals surface area contributed by atoms with E-state index in [0.29, 0.717) is 51.8 Å². The maximum absolute atomic E-state index is 15.4. The Labute approximate surface area is 453 Å². The fourth-order valence-electron chi connectivity index (χ4n) is 11.1. The highest BCUT2D eigenvalue weighted by atomic mass is 32.1. The van der Waals surface area contributed by atoms with Crippen LogP contribution in [0.4, 0.5) is 9.39 Å². The summed E-state index contributed by atoms with van der Waals surface area (Å²) in [5.41, 5.74) is 10.2. The predicted octanol–water partition coefficient (Wildman–Crippen LogP) is 6.22. The van der Waals surface area contributed by atoms with Gasteiger partial charge < -0.3 is 50.0 Å². The smallest absolute Gasteiger partial charge is 0.317 e. The molecule has 2 aliphatic heterocycles. The fourth-order valence-corrected chi connectivity index (χ4v) is 13.1. The van der Waals surface area contributed by atoms with Crippen molar-refractivity contribution in [3.63, 3.8) is 0 Å². The van der Waals surface area contributed by atoms with Gasteiger partial charge in [-0.25, -0.2) is 19.0 Å². The summed E-state index contributed by atoms with van der Waals surface area (Å²) in [7, 11) is 0. The molecule has 7 heterocycles. The first kappa shape index (κ1) is 53.7. The summed E-state index contributed by atoms with van der Waals surface area (Å²) < 4.78 is 34.9. The van der Waals surface area contributed by atoms with Gasteiger partial charge in [-0.2, -0.15) is 15.2 Å². The molecular formula is C53H65FN14O7S2. The van der Waals surface area contributed by atoms with Gasteiger partial charge in [-0.05, 0) is 90.3 Å². The zero-order valence-electron chi connectivity index (χ0n) is 43.9. The number of phenols is 1. The van der Waals surface area contributed by atoms with Crippen LogP contribution in [-0.2, 0) is 21.4 Å². The van der Waals surface area contributed by atoms with Crippen molar-refractivity contribution in [3.05, 3.63) is 75.1 Å². The van der Waals surface area contributed by atoms with Gasteiger partial charge in [0.1, 0.15) is 28.8 Å². The van der Waals surface area contributed by atoms with Gasteiger partial charge in [-0.1, -0.05) is 35.4 Å². The number of aryl methyl sites for hydroxylation is 2. The minimum absolute atomic E-state index is 0.0134. The monoisotopic (exact) mass is 1090 g/mol. The molecule has 5 atom stereocenters. The molecule has 0 spiro atoms. The lowest BCUT2D eigenvalue weighted by Crippen LogP contribution is -2.49. The first-order valence-corrected chi connectivity index (χ1v) is 28.1. The number of carbonyl (C=O) groups is 2. The van der Waals surface area contributed by atoms with Crippen molar-refractivity contribution < 1.29 is 38.2 Å². The molecule has 2 aliphatic carbocycles. The second-order valence-electron chi connectivity index (χ2n) is 21.5. The molecule has 408 valence electrons. The van der Waals surface area contributed by atoms with E-state index in [9.17, 15) is 25.1 Å². The van der Waals surface area contributed by atoms with Crippen LogP contribution in [-0.4, -0.2) is 148 Å². The number of halogens is 1. The van der Waals surface area contributed by atoms with E-state index in [2.05, 4.69) is 51.6 Å². The maximum Gasteiger partial charge on any atom is 0.317 e. The molecule has 0 radical (unpaired) electrons. The van der Waals surface area contributed by atoms with E-state index in [1.165, 1.54) is 32.3 Å². The number of ether oxygens (including phenoxy) is 2. The number of thiophene rings is 1. The summed E-state index contributed by atoms with van der Waals surface area (Å²) in [5.74, 6) is -1.53. The largest absolute Gasteiger partial charge is 0.505 e.